The van der Waals surface area contributed by atoms with Gasteiger partial charge in [-0.3, -0.25) is 0 Å². The van der Waals surface area contributed by atoms with E-state index in [9.17, 15) is 5.11 Å². The molecule has 0 unspecified atom stereocenters. The van der Waals surface area contributed by atoms with Crippen molar-refractivity contribution in [2.45, 2.75) is 13.5 Å². The minimum atomic E-state index is -0.388. The van der Waals surface area contributed by atoms with Crippen molar-refractivity contribution in [2.75, 3.05) is 0 Å². The summed E-state index contributed by atoms with van der Waals surface area (Å²) in [6.07, 6.45) is 1.00. The van der Waals surface area contributed by atoms with E-state index in [0.717, 1.165) is 6.21 Å². The van der Waals surface area contributed by atoms with E-state index >= 15 is 0 Å². The highest BCUT2D eigenvalue weighted by molar-refractivity contribution is 6.30. The molecular weight excluding hydrogens is 208 g/mol. The molecule has 0 aromatic carbocycles. The lowest BCUT2D eigenvalue weighted by Crippen LogP contribution is -2.00. The zero-order chi connectivity index (χ0) is 10.7. The Hall–Kier alpha value is -1.33. The molecule has 0 spiro atoms. The van der Waals surface area contributed by atoms with E-state index in [2.05, 4.69) is 10.1 Å². The molecule has 14 heavy (non-hydrogen) atoms. The molecule has 0 bridgehead atoms. The standard InChI is InChI=1S/C8H9ClN2O3/c1-4-7(13)5(2-10-14)6(3-12)8(9)11-4/h2,12-14H,3H2,1H3/b10-2+. The van der Waals surface area contributed by atoms with Crippen LogP contribution in [0.4, 0.5) is 0 Å². The molecule has 3 N–H and O–H groups in total. The third-order valence-electron chi connectivity index (χ3n) is 1.78. The van der Waals surface area contributed by atoms with Crippen molar-refractivity contribution < 1.29 is 15.4 Å². The third-order valence-corrected chi connectivity index (χ3v) is 2.10. The fourth-order valence-electron chi connectivity index (χ4n) is 1.06. The van der Waals surface area contributed by atoms with Crippen LogP contribution in [0, 0.1) is 6.92 Å². The van der Waals surface area contributed by atoms with E-state index in [1.54, 1.807) is 6.92 Å². The second kappa shape index (κ2) is 4.26. The monoisotopic (exact) mass is 216 g/mol. The summed E-state index contributed by atoms with van der Waals surface area (Å²) in [5.74, 6) is -0.156. The van der Waals surface area contributed by atoms with Gasteiger partial charge in [0.2, 0.25) is 0 Å². The van der Waals surface area contributed by atoms with E-state index in [4.69, 9.17) is 21.9 Å². The van der Waals surface area contributed by atoms with Gasteiger partial charge in [0.15, 0.2) is 0 Å². The summed E-state index contributed by atoms with van der Waals surface area (Å²) in [7, 11) is 0. The number of hydrogen-bond donors (Lipinski definition) is 3. The number of oxime groups is 1. The fraction of sp³-hybridized carbons (Fsp3) is 0.250. The number of hydrogen-bond acceptors (Lipinski definition) is 5. The maximum atomic E-state index is 9.53. The predicted molar refractivity (Wildman–Crippen MR) is 51.0 cm³/mol. The second-order valence-corrected chi connectivity index (χ2v) is 2.99. The van der Waals surface area contributed by atoms with Crippen molar-refractivity contribution in [3.63, 3.8) is 0 Å². The number of rotatable bonds is 2. The van der Waals surface area contributed by atoms with E-state index in [1.807, 2.05) is 0 Å². The van der Waals surface area contributed by atoms with Gasteiger partial charge in [0.05, 0.1) is 18.5 Å². The Morgan fingerprint density at radius 3 is 2.71 bits per heavy atom. The van der Waals surface area contributed by atoms with E-state index in [-0.39, 0.29) is 28.6 Å². The van der Waals surface area contributed by atoms with Crippen LogP contribution < -0.4 is 0 Å². The summed E-state index contributed by atoms with van der Waals surface area (Å²) in [5.41, 5.74) is 0.710. The molecule has 0 aliphatic heterocycles. The molecule has 1 rings (SSSR count). The van der Waals surface area contributed by atoms with Gasteiger partial charge < -0.3 is 15.4 Å². The Balaban J connectivity index is 3.47. The predicted octanol–water partition coefficient (Wildman–Crippen LogP) is 1.05. The topological polar surface area (TPSA) is 85.9 Å². The molecule has 1 heterocycles. The highest BCUT2D eigenvalue weighted by Gasteiger charge is 2.14. The summed E-state index contributed by atoms with van der Waals surface area (Å²) in [4.78, 5) is 3.80. The molecule has 0 aliphatic rings. The minimum absolute atomic E-state index is 0.0812. The second-order valence-electron chi connectivity index (χ2n) is 2.63. The van der Waals surface area contributed by atoms with Crippen LogP contribution in [0.3, 0.4) is 0 Å². The summed E-state index contributed by atoms with van der Waals surface area (Å²) in [5, 5.41) is 29.7. The number of halogens is 1. The Kier molecular flexibility index (Phi) is 3.27. The van der Waals surface area contributed by atoms with Gasteiger partial charge in [0.25, 0.3) is 0 Å². The van der Waals surface area contributed by atoms with Gasteiger partial charge in [-0.15, -0.1) is 0 Å². The van der Waals surface area contributed by atoms with Crippen LogP contribution in [0.5, 0.6) is 5.75 Å². The van der Waals surface area contributed by atoms with Crippen LogP contribution in [0.1, 0.15) is 16.8 Å². The lowest BCUT2D eigenvalue weighted by molar-refractivity contribution is 0.280. The quantitative estimate of drug-likeness (QED) is 0.299. The highest BCUT2D eigenvalue weighted by Crippen LogP contribution is 2.27. The SMILES string of the molecule is Cc1nc(Cl)c(CO)c(/C=N/O)c1O. The summed E-state index contributed by atoms with van der Waals surface area (Å²) in [6, 6.07) is 0. The number of aliphatic hydroxyl groups excluding tert-OH is 1. The molecule has 0 radical (unpaired) electrons. The van der Waals surface area contributed by atoms with Crippen molar-refractivity contribution in [1.82, 2.24) is 4.98 Å². The molecule has 76 valence electrons. The lowest BCUT2D eigenvalue weighted by atomic mass is 10.1. The lowest BCUT2D eigenvalue weighted by Gasteiger charge is -2.08. The first-order valence-electron chi connectivity index (χ1n) is 3.78. The Morgan fingerprint density at radius 2 is 2.21 bits per heavy atom. The fourth-order valence-corrected chi connectivity index (χ4v) is 1.35. The molecule has 0 saturated heterocycles. The largest absolute Gasteiger partial charge is 0.505 e. The summed E-state index contributed by atoms with van der Waals surface area (Å²) in [6.45, 7) is 1.16. The highest BCUT2D eigenvalue weighted by atomic mass is 35.5. The smallest absolute Gasteiger partial charge is 0.146 e. The molecule has 1 aromatic heterocycles. The van der Waals surface area contributed by atoms with Gasteiger partial charge in [-0.25, -0.2) is 4.98 Å². The van der Waals surface area contributed by atoms with Crippen LogP contribution in [0.15, 0.2) is 5.16 Å². The molecule has 1 aromatic rings. The number of aryl methyl sites for hydroxylation is 1. The molecule has 0 amide bonds. The molecule has 0 atom stereocenters. The number of aliphatic hydroxyl groups is 1. The molecule has 0 fully saturated rings. The first-order valence-corrected chi connectivity index (χ1v) is 4.15. The van der Waals surface area contributed by atoms with Gasteiger partial charge in [-0.05, 0) is 6.92 Å². The number of pyridine rings is 1. The zero-order valence-electron chi connectivity index (χ0n) is 7.40. The maximum absolute atomic E-state index is 9.53. The Labute approximate surface area is 85.3 Å². The van der Waals surface area contributed by atoms with E-state index in [0.29, 0.717) is 5.69 Å². The van der Waals surface area contributed by atoms with E-state index in [1.165, 1.54) is 0 Å². The van der Waals surface area contributed by atoms with Crippen molar-refractivity contribution in [3.05, 3.63) is 22.0 Å². The van der Waals surface area contributed by atoms with Gasteiger partial charge in [-0.2, -0.15) is 0 Å². The van der Waals surface area contributed by atoms with Crippen LogP contribution >= 0.6 is 11.6 Å². The normalized spacial score (nSPS) is 11.1. The Bertz CT molecular complexity index is 379. The van der Waals surface area contributed by atoms with Gasteiger partial charge in [-0.1, -0.05) is 16.8 Å². The van der Waals surface area contributed by atoms with Crippen molar-refractivity contribution in [3.8, 4) is 5.75 Å². The van der Waals surface area contributed by atoms with E-state index < -0.39 is 0 Å². The summed E-state index contributed by atoms with van der Waals surface area (Å²) >= 11 is 5.72. The van der Waals surface area contributed by atoms with Gasteiger partial charge in [0.1, 0.15) is 10.9 Å². The molecular formula is C8H9ClN2O3. The maximum Gasteiger partial charge on any atom is 0.146 e. The van der Waals surface area contributed by atoms with Gasteiger partial charge >= 0.3 is 0 Å². The number of aromatic nitrogens is 1. The number of aromatic hydroxyl groups is 1. The number of nitrogens with zero attached hydrogens (tertiary/aromatic N) is 2. The molecule has 5 nitrogen and oxygen atoms in total. The van der Waals surface area contributed by atoms with Crippen LogP contribution in [-0.2, 0) is 6.61 Å². The van der Waals surface area contributed by atoms with Crippen LogP contribution in [0.25, 0.3) is 0 Å². The molecule has 0 aliphatic carbocycles. The molecule has 6 heteroatoms. The molecule has 0 saturated carbocycles. The van der Waals surface area contributed by atoms with Crippen molar-refractivity contribution >= 4 is 17.8 Å². The Morgan fingerprint density at radius 1 is 1.57 bits per heavy atom. The zero-order valence-corrected chi connectivity index (χ0v) is 8.15. The van der Waals surface area contributed by atoms with Crippen LogP contribution in [0.2, 0.25) is 5.15 Å². The first-order chi connectivity index (χ1) is 6.61. The van der Waals surface area contributed by atoms with Crippen LogP contribution in [-0.4, -0.2) is 26.6 Å². The minimum Gasteiger partial charge on any atom is -0.505 e. The average molecular weight is 217 g/mol. The average Bonchev–Trinajstić information content (AvgIpc) is 2.14. The van der Waals surface area contributed by atoms with Crippen molar-refractivity contribution in [1.29, 1.82) is 0 Å². The first kappa shape index (κ1) is 10.7. The van der Waals surface area contributed by atoms with Gasteiger partial charge in [0, 0.05) is 11.1 Å². The third kappa shape index (κ3) is 1.78. The van der Waals surface area contributed by atoms with Crippen molar-refractivity contribution in [2.24, 2.45) is 5.16 Å². The summed E-state index contributed by atoms with van der Waals surface area (Å²) < 4.78 is 0.